The van der Waals surface area contributed by atoms with E-state index in [1.165, 1.54) is 17.8 Å². The molecule has 0 aromatic carbocycles. The van der Waals surface area contributed by atoms with Crippen molar-refractivity contribution >= 4 is 11.1 Å². The summed E-state index contributed by atoms with van der Waals surface area (Å²) in [6.07, 6.45) is 16.9. The Bertz CT molecular complexity index is 1500. The molecule has 1 aliphatic heterocycles. The maximum Gasteiger partial charge on any atom is 0.141 e. The molecular weight excluding hydrogens is 469 g/mol. The normalized spacial score (nSPS) is 14.4. The van der Waals surface area contributed by atoms with Crippen LogP contribution in [0.5, 0.6) is 5.75 Å². The lowest BCUT2D eigenvalue weighted by Gasteiger charge is -2.26. The first-order valence-electron chi connectivity index (χ1n) is 12.1. The third-order valence-electron chi connectivity index (χ3n) is 6.20. The summed E-state index contributed by atoms with van der Waals surface area (Å²) < 4.78 is 21.0. The van der Waals surface area contributed by atoms with Gasteiger partial charge in [0.25, 0.3) is 0 Å². The van der Waals surface area contributed by atoms with Gasteiger partial charge in [0.1, 0.15) is 18.2 Å². The molecule has 0 atom stereocenters. The maximum atomic E-state index is 13.4. The highest BCUT2D eigenvalue weighted by molar-refractivity contribution is 5.85. The molecule has 1 aliphatic rings. The molecule has 8 heteroatoms. The summed E-state index contributed by atoms with van der Waals surface area (Å²) in [7, 11) is 0. The number of fused-ring (bicyclic) bond motifs is 1. The average molecular weight is 498 g/mol. The molecule has 0 fully saturated rings. The monoisotopic (exact) mass is 497 g/mol. The lowest BCUT2D eigenvalue weighted by atomic mass is 10.0. The Labute approximate surface area is 215 Å². The topological polar surface area (TPSA) is 75.8 Å². The van der Waals surface area contributed by atoms with Gasteiger partial charge in [-0.05, 0) is 49.6 Å². The number of halogens is 1. The molecule has 37 heavy (non-hydrogen) atoms. The van der Waals surface area contributed by atoms with Crippen LogP contribution < -0.4 is 4.74 Å². The third-order valence-corrected chi connectivity index (χ3v) is 6.20. The van der Waals surface area contributed by atoms with Gasteiger partial charge in [0.05, 0.1) is 41.0 Å². The molecule has 5 rings (SSSR count). The lowest BCUT2D eigenvalue weighted by molar-refractivity contribution is 0.0283. The van der Waals surface area contributed by atoms with E-state index >= 15 is 0 Å². The van der Waals surface area contributed by atoms with E-state index in [4.69, 9.17) is 16.1 Å². The van der Waals surface area contributed by atoms with Crippen LogP contribution in [0.25, 0.3) is 22.2 Å². The van der Waals surface area contributed by atoms with E-state index in [9.17, 15) is 9.50 Å². The molecule has 0 spiro atoms. The van der Waals surface area contributed by atoms with Crippen molar-refractivity contribution < 1.29 is 14.2 Å². The number of aliphatic hydroxyl groups is 1. The zero-order chi connectivity index (χ0) is 26.0. The standard InChI is InChI=1S/C29H28FN5O2/c1-4-21-15-33-35-18-25(37-19-29(2,3)36)12-26(28(21)35)23-5-6-27(32-14-23)22-7-9-34(10-8-22)17-20-11-24(30)16-31-13-20/h1,5-7,11-16,18,36H,8-10,17,19H2,2-3H3. The smallest absolute Gasteiger partial charge is 0.141 e. The lowest BCUT2D eigenvalue weighted by Crippen LogP contribution is -2.28. The highest BCUT2D eigenvalue weighted by Crippen LogP contribution is 2.32. The first kappa shape index (κ1) is 24.6. The number of ether oxygens (including phenoxy) is 1. The van der Waals surface area contributed by atoms with Gasteiger partial charge in [0, 0.05) is 43.2 Å². The molecule has 7 nitrogen and oxygen atoms in total. The van der Waals surface area contributed by atoms with Gasteiger partial charge in [-0.1, -0.05) is 18.1 Å². The van der Waals surface area contributed by atoms with Crippen LogP contribution in [0.4, 0.5) is 4.39 Å². The Kier molecular flexibility index (Phi) is 6.74. The first-order chi connectivity index (χ1) is 17.8. The van der Waals surface area contributed by atoms with Crippen LogP contribution in [-0.2, 0) is 6.54 Å². The van der Waals surface area contributed by atoms with E-state index in [2.05, 4.69) is 27.0 Å². The quantitative estimate of drug-likeness (QED) is 0.383. The Balaban J connectivity index is 1.37. The molecule has 0 bridgehead atoms. The molecule has 4 aromatic heterocycles. The van der Waals surface area contributed by atoms with E-state index in [-0.39, 0.29) is 12.4 Å². The second-order valence-corrected chi connectivity index (χ2v) is 9.84. The maximum absolute atomic E-state index is 13.4. The Morgan fingerprint density at radius 1 is 1.19 bits per heavy atom. The SMILES string of the molecule is C#Cc1cnn2cc(OCC(C)(C)O)cc(-c3ccc(C4=CCN(Cc5cncc(F)c5)CC4)nc3)c12. The predicted octanol–water partition coefficient (Wildman–Crippen LogP) is 4.35. The van der Waals surface area contributed by atoms with Crippen LogP contribution in [0.1, 0.15) is 37.1 Å². The van der Waals surface area contributed by atoms with Crippen LogP contribution in [-0.4, -0.2) is 54.9 Å². The second kappa shape index (κ2) is 10.1. The molecule has 0 saturated carbocycles. The second-order valence-electron chi connectivity index (χ2n) is 9.84. The van der Waals surface area contributed by atoms with E-state index in [1.54, 1.807) is 37.0 Å². The van der Waals surface area contributed by atoms with Crippen molar-refractivity contribution in [2.45, 2.75) is 32.4 Å². The van der Waals surface area contributed by atoms with Gasteiger partial charge >= 0.3 is 0 Å². The minimum Gasteiger partial charge on any atom is -0.489 e. The molecule has 4 aromatic rings. The summed E-state index contributed by atoms with van der Waals surface area (Å²) in [6.45, 7) is 5.80. The molecule has 0 saturated heterocycles. The van der Waals surface area contributed by atoms with E-state index in [0.717, 1.165) is 47.4 Å². The van der Waals surface area contributed by atoms with Crippen molar-refractivity contribution in [1.29, 1.82) is 0 Å². The Morgan fingerprint density at radius 3 is 2.73 bits per heavy atom. The van der Waals surface area contributed by atoms with Crippen molar-refractivity contribution in [2.24, 2.45) is 0 Å². The predicted molar refractivity (Wildman–Crippen MR) is 140 cm³/mol. The highest BCUT2D eigenvalue weighted by atomic mass is 19.1. The number of rotatable bonds is 7. The summed E-state index contributed by atoms with van der Waals surface area (Å²) in [4.78, 5) is 10.9. The fourth-order valence-corrected chi connectivity index (χ4v) is 4.39. The number of terminal acetylenes is 1. The van der Waals surface area contributed by atoms with E-state index < -0.39 is 5.60 Å². The summed E-state index contributed by atoms with van der Waals surface area (Å²) in [5.74, 6) is 2.96. The van der Waals surface area contributed by atoms with Crippen molar-refractivity contribution in [1.82, 2.24) is 24.5 Å². The summed E-state index contributed by atoms with van der Waals surface area (Å²) in [5.41, 5.74) is 5.22. The third kappa shape index (κ3) is 5.69. The molecule has 1 N–H and O–H groups in total. The molecule has 188 valence electrons. The van der Waals surface area contributed by atoms with Gasteiger partial charge in [0.15, 0.2) is 0 Å². The van der Waals surface area contributed by atoms with Gasteiger partial charge in [0.2, 0.25) is 0 Å². The minimum absolute atomic E-state index is 0.138. The van der Waals surface area contributed by atoms with Crippen molar-refractivity contribution in [2.75, 3.05) is 19.7 Å². The number of hydrogen-bond donors (Lipinski definition) is 1. The number of pyridine rings is 3. The van der Waals surface area contributed by atoms with Crippen molar-refractivity contribution in [3.8, 4) is 29.2 Å². The molecular formula is C29H28FN5O2. The van der Waals surface area contributed by atoms with Gasteiger partial charge in [-0.25, -0.2) is 8.91 Å². The molecule has 0 radical (unpaired) electrons. The minimum atomic E-state index is -0.968. The average Bonchev–Trinajstić information content (AvgIpc) is 3.30. The van der Waals surface area contributed by atoms with Crippen LogP contribution in [0, 0.1) is 18.2 Å². The molecule has 0 unspecified atom stereocenters. The molecule has 0 amide bonds. The highest BCUT2D eigenvalue weighted by Gasteiger charge is 2.18. The largest absolute Gasteiger partial charge is 0.489 e. The van der Waals surface area contributed by atoms with Gasteiger partial charge in [-0.2, -0.15) is 5.10 Å². The first-order valence-corrected chi connectivity index (χ1v) is 12.1. The van der Waals surface area contributed by atoms with Gasteiger partial charge < -0.3 is 9.84 Å². The number of hydrogen-bond acceptors (Lipinski definition) is 6. The zero-order valence-corrected chi connectivity index (χ0v) is 20.9. The summed E-state index contributed by atoms with van der Waals surface area (Å²) >= 11 is 0. The molecule has 0 aliphatic carbocycles. The van der Waals surface area contributed by atoms with Crippen LogP contribution >= 0.6 is 0 Å². The van der Waals surface area contributed by atoms with Crippen LogP contribution in [0.3, 0.4) is 0 Å². The summed E-state index contributed by atoms with van der Waals surface area (Å²) in [5, 5.41) is 14.5. The van der Waals surface area contributed by atoms with Crippen molar-refractivity contribution in [3.05, 3.63) is 84.0 Å². The van der Waals surface area contributed by atoms with E-state index in [1.807, 2.05) is 24.4 Å². The Hall–Kier alpha value is -4.06. The van der Waals surface area contributed by atoms with Crippen LogP contribution in [0.15, 0.2) is 61.3 Å². The van der Waals surface area contributed by atoms with Gasteiger partial charge in [-0.3, -0.25) is 14.9 Å². The van der Waals surface area contributed by atoms with E-state index in [0.29, 0.717) is 17.9 Å². The number of aromatic nitrogens is 4. The van der Waals surface area contributed by atoms with Gasteiger partial charge in [-0.15, -0.1) is 6.42 Å². The number of nitrogens with zero attached hydrogens (tertiary/aromatic N) is 5. The van der Waals surface area contributed by atoms with Crippen molar-refractivity contribution in [3.63, 3.8) is 0 Å². The molecule has 5 heterocycles. The Morgan fingerprint density at radius 2 is 2.05 bits per heavy atom. The summed E-state index contributed by atoms with van der Waals surface area (Å²) in [6, 6.07) is 7.47. The zero-order valence-electron chi connectivity index (χ0n) is 20.9. The van der Waals surface area contributed by atoms with Crippen LogP contribution in [0.2, 0.25) is 0 Å². The fourth-order valence-electron chi connectivity index (χ4n) is 4.39. The fraction of sp³-hybridized carbons (Fsp3) is 0.276.